The smallest absolute Gasteiger partial charge is 0.196 e. The second-order valence-corrected chi connectivity index (χ2v) is 5.70. The van der Waals surface area contributed by atoms with Gasteiger partial charge in [-0.15, -0.1) is 0 Å². The van der Waals surface area contributed by atoms with Gasteiger partial charge in [-0.05, 0) is 47.8 Å². The SMILES string of the molecule is CNCCc1ncc(-c2cc(I)ccc2Br)o1. The van der Waals surface area contributed by atoms with Gasteiger partial charge in [0.1, 0.15) is 0 Å². The van der Waals surface area contributed by atoms with E-state index in [-0.39, 0.29) is 0 Å². The number of oxazole rings is 1. The Kier molecular flexibility index (Phi) is 4.58. The second-order valence-electron chi connectivity index (χ2n) is 3.60. The maximum absolute atomic E-state index is 5.72. The van der Waals surface area contributed by atoms with E-state index in [2.05, 4.69) is 54.9 Å². The van der Waals surface area contributed by atoms with E-state index < -0.39 is 0 Å². The van der Waals surface area contributed by atoms with Gasteiger partial charge in [0.25, 0.3) is 0 Å². The van der Waals surface area contributed by atoms with Crippen molar-refractivity contribution in [3.63, 3.8) is 0 Å². The van der Waals surface area contributed by atoms with Crippen LogP contribution in [0.5, 0.6) is 0 Å². The van der Waals surface area contributed by atoms with Gasteiger partial charge in [-0.25, -0.2) is 4.98 Å². The van der Waals surface area contributed by atoms with E-state index in [1.165, 1.54) is 3.57 Å². The largest absolute Gasteiger partial charge is 0.441 e. The second kappa shape index (κ2) is 5.97. The van der Waals surface area contributed by atoms with Crippen molar-refractivity contribution >= 4 is 38.5 Å². The van der Waals surface area contributed by atoms with Crippen LogP contribution in [0, 0.1) is 3.57 Å². The Morgan fingerprint density at radius 3 is 3.06 bits per heavy atom. The van der Waals surface area contributed by atoms with Crippen LogP contribution >= 0.6 is 38.5 Å². The Labute approximate surface area is 122 Å². The molecule has 1 aromatic carbocycles. The number of nitrogens with zero attached hydrogens (tertiary/aromatic N) is 1. The van der Waals surface area contributed by atoms with Crippen LogP contribution < -0.4 is 5.32 Å². The summed E-state index contributed by atoms with van der Waals surface area (Å²) in [7, 11) is 1.92. The highest BCUT2D eigenvalue weighted by atomic mass is 127. The maximum atomic E-state index is 5.72. The van der Waals surface area contributed by atoms with Gasteiger partial charge < -0.3 is 9.73 Å². The molecule has 0 amide bonds. The van der Waals surface area contributed by atoms with Crippen molar-refractivity contribution in [2.75, 3.05) is 13.6 Å². The molecule has 5 heteroatoms. The van der Waals surface area contributed by atoms with Crippen LogP contribution in [0.4, 0.5) is 0 Å². The lowest BCUT2D eigenvalue weighted by molar-refractivity contribution is 0.500. The summed E-state index contributed by atoms with van der Waals surface area (Å²) < 4.78 is 7.92. The van der Waals surface area contributed by atoms with Crippen LogP contribution in [0.1, 0.15) is 5.89 Å². The highest BCUT2D eigenvalue weighted by molar-refractivity contribution is 14.1. The van der Waals surface area contributed by atoms with Gasteiger partial charge in [0.05, 0.1) is 6.20 Å². The molecule has 0 spiro atoms. The first-order valence-corrected chi connectivity index (χ1v) is 7.12. The first-order chi connectivity index (χ1) is 8.20. The number of rotatable bonds is 4. The van der Waals surface area contributed by atoms with Gasteiger partial charge in [-0.2, -0.15) is 0 Å². The van der Waals surface area contributed by atoms with Crippen molar-refractivity contribution < 1.29 is 4.42 Å². The number of hydrogen-bond donors (Lipinski definition) is 1. The Balaban J connectivity index is 2.27. The quantitative estimate of drug-likeness (QED) is 0.790. The molecule has 2 aromatic rings. The number of halogens is 2. The zero-order chi connectivity index (χ0) is 12.3. The summed E-state index contributed by atoms with van der Waals surface area (Å²) >= 11 is 5.81. The lowest BCUT2D eigenvalue weighted by Crippen LogP contribution is -2.10. The van der Waals surface area contributed by atoms with E-state index in [4.69, 9.17) is 4.42 Å². The molecule has 0 saturated carbocycles. The molecule has 0 saturated heterocycles. The van der Waals surface area contributed by atoms with Crippen LogP contribution in [-0.2, 0) is 6.42 Å². The van der Waals surface area contributed by atoms with Gasteiger partial charge in [0.2, 0.25) is 0 Å². The highest BCUT2D eigenvalue weighted by Gasteiger charge is 2.09. The Hall–Kier alpha value is -0.400. The highest BCUT2D eigenvalue weighted by Crippen LogP contribution is 2.30. The minimum atomic E-state index is 0.764. The molecule has 0 unspecified atom stereocenters. The van der Waals surface area contributed by atoms with Gasteiger partial charge in [0, 0.05) is 26.6 Å². The van der Waals surface area contributed by atoms with Crippen molar-refractivity contribution in [1.29, 1.82) is 0 Å². The summed E-state index contributed by atoms with van der Waals surface area (Å²) in [5.41, 5.74) is 1.04. The molecular formula is C12H12BrIN2O. The predicted molar refractivity (Wildman–Crippen MR) is 80.0 cm³/mol. The summed E-state index contributed by atoms with van der Waals surface area (Å²) in [6, 6.07) is 6.15. The minimum Gasteiger partial charge on any atom is -0.441 e. The molecule has 2 rings (SSSR count). The molecule has 0 aliphatic carbocycles. The number of likely N-dealkylation sites (N-methyl/N-ethyl adjacent to an activating group) is 1. The first kappa shape index (κ1) is 13.0. The fraction of sp³-hybridized carbons (Fsp3) is 0.250. The van der Waals surface area contributed by atoms with E-state index in [1.54, 1.807) is 6.20 Å². The van der Waals surface area contributed by atoms with Crippen molar-refractivity contribution in [1.82, 2.24) is 10.3 Å². The van der Waals surface area contributed by atoms with E-state index in [9.17, 15) is 0 Å². The standard InChI is InChI=1S/C12H12BrIN2O/c1-15-5-4-12-16-7-11(17-12)9-6-8(14)2-3-10(9)13/h2-3,6-7,15H,4-5H2,1H3. The molecule has 0 aliphatic rings. The van der Waals surface area contributed by atoms with Crippen molar-refractivity contribution in [3.8, 4) is 11.3 Å². The number of aromatic nitrogens is 1. The topological polar surface area (TPSA) is 38.1 Å². The fourth-order valence-corrected chi connectivity index (χ4v) is 2.40. The molecule has 1 aromatic heterocycles. The van der Waals surface area contributed by atoms with Crippen LogP contribution in [0.3, 0.4) is 0 Å². The minimum absolute atomic E-state index is 0.764. The van der Waals surface area contributed by atoms with E-state index >= 15 is 0 Å². The molecule has 17 heavy (non-hydrogen) atoms. The summed E-state index contributed by atoms with van der Waals surface area (Å²) in [4.78, 5) is 4.27. The summed E-state index contributed by atoms with van der Waals surface area (Å²) in [5.74, 6) is 1.57. The molecule has 1 heterocycles. The number of nitrogens with one attached hydrogen (secondary N) is 1. The number of hydrogen-bond acceptors (Lipinski definition) is 3. The zero-order valence-electron chi connectivity index (χ0n) is 9.34. The molecule has 0 fully saturated rings. The van der Waals surface area contributed by atoms with E-state index in [1.807, 2.05) is 19.2 Å². The zero-order valence-corrected chi connectivity index (χ0v) is 13.1. The molecule has 0 atom stereocenters. The fourth-order valence-electron chi connectivity index (χ4n) is 1.47. The summed E-state index contributed by atoms with van der Waals surface area (Å²) in [6.45, 7) is 0.868. The van der Waals surface area contributed by atoms with Crippen molar-refractivity contribution in [2.45, 2.75) is 6.42 Å². The average Bonchev–Trinajstić information content (AvgIpc) is 2.78. The molecule has 3 nitrogen and oxygen atoms in total. The summed E-state index contributed by atoms with van der Waals surface area (Å²) in [5, 5.41) is 3.08. The van der Waals surface area contributed by atoms with Crippen LogP contribution in [0.25, 0.3) is 11.3 Å². The lowest BCUT2D eigenvalue weighted by Gasteiger charge is -2.01. The van der Waals surface area contributed by atoms with Gasteiger partial charge in [-0.3, -0.25) is 0 Å². The Morgan fingerprint density at radius 1 is 1.47 bits per heavy atom. The Bertz CT molecular complexity index is 513. The van der Waals surface area contributed by atoms with E-state index in [0.29, 0.717) is 0 Å². The first-order valence-electron chi connectivity index (χ1n) is 5.25. The summed E-state index contributed by atoms with van der Waals surface area (Å²) in [6.07, 6.45) is 2.58. The van der Waals surface area contributed by atoms with Crippen molar-refractivity contribution in [3.05, 3.63) is 38.3 Å². The molecule has 90 valence electrons. The van der Waals surface area contributed by atoms with Crippen LogP contribution in [0.2, 0.25) is 0 Å². The molecule has 0 aliphatic heterocycles. The normalized spacial score (nSPS) is 10.8. The third-order valence-electron chi connectivity index (χ3n) is 2.34. The third-order valence-corrected chi connectivity index (χ3v) is 3.70. The molecule has 0 radical (unpaired) electrons. The molecular weight excluding hydrogens is 395 g/mol. The molecule has 0 bridgehead atoms. The van der Waals surface area contributed by atoms with Crippen LogP contribution in [-0.4, -0.2) is 18.6 Å². The number of benzene rings is 1. The monoisotopic (exact) mass is 406 g/mol. The van der Waals surface area contributed by atoms with Crippen LogP contribution in [0.15, 0.2) is 33.3 Å². The molecule has 1 N–H and O–H groups in total. The van der Waals surface area contributed by atoms with Gasteiger partial charge in [-0.1, -0.05) is 15.9 Å². The predicted octanol–water partition coefficient (Wildman–Crippen LogP) is 3.47. The van der Waals surface area contributed by atoms with Gasteiger partial charge >= 0.3 is 0 Å². The maximum Gasteiger partial charge on any atom is 0.196 e. The lowest BCUT2D eigenvalue weighted by atomic mass is 10.2. The van der Waals surface area contributed by atoms with E-state index in [0.717, 1.165) is 34.7 Å². The Morgan fingerprint density at radius 2 is 2.29 bits per heavy atom. The van der Waals surface area contributed by atoms with Gasteiger partial charge in [0.15, 0.2) is 11.7 Å². The van der Waals surface area contributed by atoms with Crippen molar-refractivity contribution in [2.24, 2.45) is 0 Å². The third kappa shape index (κ3) is 3.29. The average molecular weight is 407 g/mol.